The average molecular weight is 291 g/mol. The van der Waals surface area contributed by atoms with Crippen LogP contribution in [-0.2, 0) is 4.79 Å². The van der Waals surface area contributed by atoms with Crippen molar-refractivity contribution in [1.82, 2.24) is 0 Å². The quantitative estimate of drug-likeness (QED) is 0.855. The van der Waals surface area contributed by atoms with Gasteiger partial charge < -0.3 is 5.32 Å². The molecule has 0 saturated carbocycles. The molecule has 0 saturated heterocycles. The summed E-state index contributed by atoms with van der Waals surface area (Å²) in [6, 6.07) is 8.08. The van der Waals surface area contributed by atoms with Gasteiger partial charge in [-0.3, -0.25) is 4.79 Å². The zero-order valence-electron chi connectivity index (χ0n) is 13.0. The lowest BCUT2D eigenvalue weighted by atomic mass is 9.84. The van der Waals surface area contributed by atoms with Gasteiger partial charge in [0.05, 0.1) is 0 Å². The van der Waals surface area contributed by atoms with Crippen molar-refractivity contribution < 1.29 is 4.79 Å². The van der Waals surface area contributed by atoms with Gasteiger partial charge in [0.1, 0.15) is 0 Å². The van der Waals surface area contributed by atoms with Gasteiger partial charge in [-0.1, -0.05) is 62.4 Å². The van der Waals surface area contributed by atoms with Crippen molar-refractivity contribution in [2.24, 2.45) is 5.92 Å². The molecule has 0 fully saturated rings. The summed E-state index contributed by atoms with van der Waals surface area (Å²) in [5.41, 5.74) is 4.22. The lowest BCUT2D eigenvalue weighted by Crippen LogP contribution is -2.19. The van der Waals surface area contributed by atoms with Gasteiger partial charge in [-0.2, -0.15) is 0 Å². The summed E-state index contributed by atoms with van der Waals surface area (Å²) < 4.78 is 0. The maximum atomic E-state index is 12.5. The molecule has 1 amide bonds. The van der Waals surface area contributed by atoms with E-state index in [9.17, 15) is 4.79 Å². The molecule has 1 unspecified atom stereocenters. The van der Waals surface area contributed by atoms with Crippen LogP contribution in [0.5, 0.6) is 0 Å². The standard InChI is InChI=1S/C20H21NO/c1-14(2)16-8-5-9-19(13-16)21-20(22)18-11-10-15-6-3-4-7-17(15)12-18/h3-11,13-14,17H,12H2,1-2H3,(H,21,22). The summed E-state index contributed by atoms with van der Waals surface area (Å²) in [4.78, 5) is 12.5. The zero-order chi connectivity index (χ0) is 15.5. The molecular formula is C20H21NO. The molecule has 0 spiro atoms. The fourth-order valence-corrected chi connectivity index (χ4v) is 2.82. The lowest BCUT2D eigenvalue weighted by Gasteiger charge is -2.22. The number of hydrogen-bond acceptors (Lipinski definition) is 1. The van der Waals surface area contributed by atoms with Gasteiger partial charge in [0.2, 0.25) is 0 Å². The molecule has 2 heteroatoms. The van der Waals surface area contributed by atoms with E-state index in [2.05, 4.69) is 49.5 Å². The number of nitrogens with one attached hydrogen (secondary N) is 1. The summed E-state index contributed by atoms with van der Waals surface area (Å²) in [6.07, 6.45) is 13.1. The Morgan fingerprint density at radius 2 is 2.09 bits per heavy atom. The van der Waals surface area contributed by atoms with E-state index in [0.29, 0.717) is 11.8 Å². The molecular weight excluding hydrogens is 270 g/mol. The van der Waals surface area contributed by atoms with Gasteiger partial charge in [0.25, 0.3) is 5.91 Å². The first-order valence-electron chi connectivity index (χ1n) is 7.80. The second kappa shape index (κ2) is 6.18. The number of hydrogen-bond donors (Lipinski definition) is 1. The Labute approximate surface area is 131 Å². The van der Waals surface area contributed by atoms with Crippen LogP contribution in [0, 0.1) is 5.92 Å². The molecule has 0 aromatic heterocycles. The predicted octanol–water partition coefficient (Wildman–Crippen LogP) is 4.75. The van der Waals surface area contributed by atoms with Gasteiger partial charge in [-0.25, -0.2) is 0 Å². The van der Waals surface area contributed by atoms with Gasteiger partial charge in [-0.15, -0.1) is 0 Å². The second-order valence-electron chi connectivity index (χ2n) is 6.15. The molecule has 0 aliphatic heterocycles. The van der Waals surface area contributed by atoms with E-state index in [1.807, 2.05) is 30.4 Å². The third kappa shape index (κ3) is 3.11. The van der Waals surface area contributed by atoms with Crippen LogP contribution in [0.3, 0.4) is 0 Å². The van der Waals surface area contributed by atoms with E-state index in [1.54, 1.807) is 0 Å². The molecule has 0 heterocycles. The smallest absolute Gasteiger partial charge is 0.251 e. The first-order chi connectivity index (χ1) is 10.6. The van der Waals surface area contributed by atoms with Crippen LogP contribution in [0.4, 0.5) is 5.69 Å². The van der Waals surface area contributed by atoms with E-state index in [0.717, 1.165) is 17.7 Å². The molecule has 2 aliphatic carbocycles. The first-order valence-corrected chi connectivity index (χ1v) is 7.80. The second-order valence-corrected chi connectivity index (χ2v) is 6.15. The molecule has 0 radical (unpaired) electrons. The Morgan fingerprint density at radius 3 is 2.91 bits per heavy atom. The van der Waals surface area contributed by atoms with Crippen LogP contribution in [0.2, 0.25) is 0 Å². The van der Waals surface area contributed by atoms with E-state index in [4.69, 9.17) is 0 Å². The third-order valence-electron chi connectivity index (χ3n) is 4.19. The average Bonchev–Trinajstić information content (AvgIpc) is 2.54. The van der Waals surface area contributed by atoms with Crippen molar-refractivity contribution in [2.45, 2.75) is 26.2 Å². The highest BCUT2D eigenvalue weighted by atomic mass is 16.1. The van der Waals surface area contributed by atoms with Gasteiger partial charge >= 0.3 is 0 Å². The Kier molecular flexibility index (Phi) is 4.10. The largest absolute Gasteiger partial charge is 0.322 e. The number of benzene rings is 1. The number of anilines is 1. The van der Waals surface area contributed by atoms with Crippen molar-refractivity contribution in [3.63, 3.8) is 0 Å². The Balaban J connectivity index is 1.74. The van der Waals surface area contributed by atoms with E-state index < -0.39 is 0 Å². The molecule has 1 atom stereocenters. The summed E-state index contributed by atoms with van der Waals surface area (Å²) in [5.74, 6) is 0.785. The van der Waals surface area contributed by atoms with Crippen LogP contribution in [-0.4, -0.2) is 5.91 Å². The molecule has 1 N–H and O–H groups in total. The molecule has 112 valence electrons. The normalized spacial score (nSPS) is 19.5. The number of amides is 1. The highest BCUT2D eigenvalue weighted by Crippen LogP contribution is 2.30. The van der Waals surface area contributed by atoms with Crippen LogP contribution >= 0.6 is 0 Å². The Bertz CT molecular complexity index is 704. The maximum Gasteiger partial charge on any atom is 0.251 e. The number of allylic oxidation sites excluding steroid dienone is 7. The number of rotatable bonds is 3. The SMILES string of the molecule is CC(C)c1cccc(NC(=O)C2=CC=C3C=CC=CC3C2)c1. The van der Waals surface area contributed by atoms with Gasteiger partial charge in [0.15, 0.2) is 0 Å². The van der Waals surface area contributed by atoms with E-state index >= 15 is 0 Å². The van der Waals surface area contributed by atoms with Crippen molar-refractivity contribution >= 4 is 11.6 Å². The zero-order valence-corrected chi connectivity index (χ0v) is 13.0. The highest BCUT2D eigenvalue weighted by Gasteiger charge is 2.21. The summed E-state index contributed by atoms with van der Waals surface area (Å²) in [5, 5.41) is 3.02. The van der Waals surface area contributed by atoms with Crippen LogP contribution < -0.4 is 5.32 Å². The molecule has 0 bridgehead atoms. The lowest BCUT2D eigenvalue weighted by molar-refractivity contribution is -0.113. The van der Waals surface area contributed by atoms with E-state index in [-0.39, 0.29) is 5.91 Å². The minimum absolute atomic E-state index is 0.000779. The molecule has 1 aromatic carbocycles. The Morgan fingerprint density at radius 1 is 1.23 bits per heavy atom. The summed E-state index contributed by atoms with van der Waals surface area (Å²) in [7, 11) is 0. The Hall–Kier alpha value is -2.35. The molecule has 2 nitrogen and oxygen atoms in total. The van der Waals surface area contributed by atoms with Crippen LogP contribution in [0.15, 0.2) is 71.9 Å². The summed E-state index contributed by atoms with van der Waals surface area (Å²) in [6.45, 7) is 4.31. The summed E-state index contributed by atoms with van der Waals surface area (Å²) >= 11 is 0. The third-order valence-corrected chi connectivity index (χ3v) is 4.19. The minimum atomic E-state index is -0.000779. The van der Waals surface area contributed by atoms with Crippen molar-refractivity contribution in [3.05, 3.63) is 77.4 Å². The maximum absolute atomic E-state index is 12.5. The molecule has 1 aromatic rings. The first kappa shape index (κ1) is 14.6. The molecule has 2 aliphatic rings. The van der Waals surface area contributed by atoms with Crippen LogP contribution in [0.25, 0.3) is 0 Å². The fraction of sp³-hybridized carbons (Fsp3) is 0.250. The van der Waals surface area contributed by atoms with Crippen molar-refractivity contribution in [1.29, 1.82) is 0 Å². The highest BCUT2D eigenvalue weighted by molar-refractivity contribution is 6.04. The molecule has 3 rings (SSSR count). The topological polar surface area (TPSA) is 29.1 Å². The molecule has 22 heavy (non-hydrogen) atoms. The van der Waals surface area contributed by atoms with Crippen LogP contribution in [0.1, 0.15) is 31.7 Å². The van der Waals surface area contributed by atoms with Crippen molar-refractivity contribution in [3.8, 4) is 0 Å². The number of carbonyl (C=O) groups excluding carboxylic acids is 1. The van der Waals surface area contributed by atoms with Gasteiger partial charge in [0, 0.05) is 17.2 Å². The monoisotopic (exact) mass is 291 g/mol. The predicted molar refractivity (Wildman–Crippen MR) is 91.7 cm³/mol. The van der Waals surface area contributed by atoms with Crippen molar-refractivity contribution in [2.75, 3.05) is 5.32 Å². The minimum Gasteiger partial charge on any atom is -0.322 e. The number of carbonyl (C=O) groups is 1. The fourth-order valence-electron chi connectivity index (χ4n) is 2.82. The van der Waals surface area contributed by atoms with Gasteiger partial charge in [-0.05, 0) is 35.6 Å². The number of fused-ring (bicyclic) bond motifs is 1. The van der Waals surface area contributed by atoms with E-state index in [1.165, 1.54) is 11.1 Å².